The number of Topliss-reactive ketones (excluding diaryl/α,β-unsaturated/α-hetero) is 1. The van der Waals surface area contributed by atoms with Gasteiger partial charge in [0, 0.05) is 24.7 Å². The van der Waals surface area contributed by atoms with Crippen LogP contribution < -0.4 is 10.1 Å². The molecule has 1 aromatic heterocycles. The molecule has 12 heteroatoms. The predicted molar refractivity (Wildman–Crippen MR) is 141 cm³/mol. The van der Waals surface area contributed by atoms with Crippen molar-refractivity contribution in [3.05, 3.63) is 65.0 Å². The number of ether oxygens (including phenoxy) is 1. The molecule has 0 fully saturated rings. The summed E-state index contributed by atoms with van der Waals surface area (Å²) in [6, 6.07) is 8.09. The second-order valence-electron chi connectivity index (χ2n) is 10.2. The maximum absolute atomic E-state index is 14.8. The van der Waals surface area contributed by atoms with Crippen molar-refractivity contribution in [3.8, 4) is 5.75 Å². The number of nitrogens with one attached hydrogen (secondary N) is 1. The van der Waals surface area contributed by atoms with Gasteiger partial charge in [-0.05, 0) is 67.5 Å². The first kappa shape index (κ1) is 33.8. The summed E-state index contributed by atoms with van der Waals surface area (Å²) in [6.45, 7) is 4.43. The average molecular weight is 589 g/mol. The quantitative estimate of drug-likeness (QED) is 0.163. The van der Waals surface area contributed by atoms with Crippen LogP contribution in [0.2, 0.25) is 0 Å². The molecule has 2 N–H and O–H groups in total. The summed E-state index contributed by atoms with van der Waals surface area (Å²) in [4.78, 5) is 28.7. The van der Waals surface area contributed by atoms with E-state index < -0.39 is 55.5 Å². The van der Waals surface area contributed by atoms with Crippen molar-refractivity contribution in [1.82, 2.24) is 10.3 Å². The molecule has 0 saturated heterocycles. The zero-order chi connectivity index (χ0) is 31.0. The third-order valence-electron chi connectivity index (χ3n) is 6.68. The van der Waals surface area contributed by atoms with Gasteiger partial charge in [-0.15, -0.1) is 0 Å². The Morgan fingerprint density at radius 2 is 1.66 bits per heavy atom. The van der Waals surface area contributed by atoms with Gasteiger partial charge in [0.1, 0.15) is 12.4 Å². The van der Waals surface area contributed by atoms with Crippen molar-refractivity contribution in [2.45, 2.75) is 70.6 Å². The minimum atomic E-state index is -4.82. The maximum atomic E-state index is 14.8. The van der Waals surface area contributed by atoms with Gasteiger partial charge >= 0.3 is 12.4 Å². The Hall–Kier alpha value is -3.41. The molecule has 0 saturated carbocycles. The highest BCUT2D eigenvalue weighted by Crippen LogP contribution is 2.47. The van der Waals surface area contributed by atoms with Crippen LogP contribution in [-0.2, 0) is 15.0 Å². The molecule has 0 aliphatic heterocycles. The van der Waals surface area contributed by atoms with Crippen LogP contribution >= 0.6 is 0 Å². The number of aliphatic hydroxyl groups is 1. The Labute approximate surface area is 234 Å². The maximum Gasteiger partial charge on any atom is 0.398 e. The second-order valence-corrected chi connectivity index (χ2v) is 10.2. The summed E-state index contributed by atoms with van der Waals surface area (Å²) >= 11 is 0. The fourth-order valence-corrected chi connectivity index (χ4v) is 4.06. The van der Waals surface area contributed by atoms with Crippen LogP contribution in [0, 0.1) is 0 Å². The molecule has 2 aromatic rings. The Morgan fingerprint density at radius 3 is 2.12 bits per heavy atom. The topological polar surface area (TPSA) is 88.5 Å². The highest BCUT2D eigenvalue weighted by molar-refractivity contribution is 6.02. The van der Waals surface area contributed by atoms with Gasteiger partial charge in [-0.2, -0.15) is 26.3 Å². The highest BCUT2D eigenvalue weighted by Gasteiger charge is 2.53. The fraction of sp³-hybridized carbons (Fsp3) is 0.483. The molecule has 2 rings (SSSR count). The molecular formula is C29H34F6N2O4. The number of alkyl halides is 6. The first-order valence-electron chi connectivity index (χ1n) is 12.9. The molecule has 41 heavy (non-hydrogen) atoms. The molecule has 1 atom stereocenters. The van der Waals surface area contributed by atoms with Crippen molar-refractivity contribution >= 4 is 17.3 Å². The third kappa shape index (κ3) is 9.58. The van der Waals surface area contributed by atoms with Gasteiger partial charge in [0.25, 0.3) is 0 Å². The summed E-state index contributed by atoms with van der Waals surface area (Å²) in [5.41, 5.74) is -1.90. The van der Waals surface area contributed by atoms with E-state index >= 15 is 0 Å². The van der Waals surface area contributed by atoms with E-state index in [1.165, 1.54) is 43.5 Å². The molecule has 0 bridgehead atoms. The fourth-order valence-electron chi connectivity index (χ4n) is 4.06. The van der Waals surface area contributed by atoms with E-state index in [2.05, 4.69) is 10.3 Å². The number of halogens is 6. The van der Waals surface area contributed by atoms with E-state index in [0.29, 0.717) is 0 Å². The summed E-state index contributed by atoms with van der Waals surface area (Å²) in [6.07, 6.45) is -9.71. The van der Waals surface area contributed by atoms with Crippen LogP contribution in [-0.4, -0.2) is 53.9 Å². The second kappa shape index (κ2) is 14.0. The number of ketones is 1. The van der Waals surface area contributed by atoms with Crippen LogP contribution in [0.4, 0.5) is 26.3 Å². The number of hydrogen-bond donors (Lipinski definition) is 2. The monoisotopic (exact) mass is 588 g/mol. The van der Waals surface area contributed by atoms with Gasteiger partial charge in [-0.1, -0.05) is 32.0 Å². The minimum absolute atomic E-state index is 0.0293. The van der Waals surface area contributed by atoms with Gasteiger partial charge < -0.3 is 15.2 Å². The molecule has 226 valence electrons. The van der Waals surface area contributed by atoms with Crippen molar-refractivity contribution in [3.63, 3.8) is 0 Å². The largest absolute Gasteiger partial charge is 0.494 e. The highest BCUT2D eigenvalue weighted by atomic mass is 19.4. The van der Waals surface area contributed by atoms with Crippen molar-refractivity contribution in [2.24, 2.45) is 0 Å². The molecule has 1 aromatic carbocycles. The van der Waals surface area contributed by atoms with Crippen molar-refractivity contribution in [1.29, 1.82) is 0 Å². The van der Waals surface area contributed by atoms with E-state index in [1.807, 2.05) is 13.8 Å². The molecule has 0 spiro atoms. The number of carbonyl (C=O) groups excluding carboxylic acids is 2. The summed E-state index contributed by atoms with van der Waals surface area (Å²) < 4.78 is 86.6. The molecule has 0 aliphatic rings. The first-order chi connectivity index (χ1) is 19.0. The summed E-state index contributed by atoms with van der Waals surface area (Å²) in [7, 11) is 0. The Morgan fingerprint density at radius 1 is 1.02 bits per heavy atom. The van der Waals surface area contributed by atoms with Crippen LogP contribution in [0.3, 0.4) is 0 Å². The number of amides is 1. The summed E-state index contributed by atoms with van der Waals surface area (Å²) in [5, 5.41) is 11.4. The zero-order valence-electron chi connectivity index (χ0n) is 23.2. The number of carbonyl (C=O) groups is 2. The van der Waals surface area contributed by atoms with Gasteiger partial charge in [0.05, 0.1) is 17.7 Å². The number of aliphatic hydroxyl groups excluding tert-OH is 1. The Kier molecular flexibility index (Phi) is 11.5. The van der Waals surface area contributed by atoms with Gasteiger partial charge in [0.2, 0.25) is 5.91 Å². The first-order valence-corrected chi connectivity index (χ1v) is 12.9. The van der Waals surface area contributed by atoms with Crippen LogP contribution in [0.15, 0.2) is 48.2 Å². The van der Waals surface area contributed by atoms with E-state index in [9.17, 15) is 35.9 Å². The normalized spacial score (nSPS) is 14.3. The lowest BCUT2D eigenvalue weighted by Gasteiger charge is -2.34. The number of rotatable bonds is 13. The standard InChI is InChI=1S/C29H34F6N2O4/c1-18(2)20-6-11-25(36-15-20)23(24(19(3)39)16-37-26(40)17-38)14-27(4,29(33,34)35)21-7-9-22(10-8-21)41-13-5-12-28(30,31)32/h6-11,15,18,38H,5,12-14,16-17H2,1-4H3,(H,37,40)/b24-23+/t27-/m1/s1. The number of aromatic nitrogens is 1. The SMILES string of the molecule is CC(=O)/C(CNC(=O)CO)=C(\C[C@](C)(c1ccc(OCCCC(F)(F)F)cc1)C(F)(F)F)c1ccc(C(C)C)cn1. The number of benzene rings is 1. The lowest BCUT2D eigenvalue weighted by Crippen LogP contribution is -2.40. The molecule has 1 amide bonds. The number of hydrogen-bond acceptors (Lipinski definition) is 5. The molecule has 1 heterocycles. The lowest BCUT2D eigenvalue weighted by molar-refractivity contribution is -0.184. The molecule has 0 unspecified atom stereocenters. The van der Waals surface area contributed by atoms with Gasteiger partial charge in [-0.25, -0.2) is 0 Å². The smallest absolute Gasteiger partial charge is 0.398 e. The van der Waals surface area contributed by atoms with Crippen LogP contribution in [0.5, 0.6) is 5.75 Å². The third-order valence-corrected chi connectivity index (χ3v) is 6.68. The van der Waals surface area contributed by atoms with E-state index in [1.54, 1.807) is 6.07 Å². The number of pyridine rings is 1. The van der Waals surface area contributed by atoms with E-state index in [0.717, 1.165) is 12.5 Å². The summed E-state index contributed by atoms with van der Waals surface area (Å²) in [5.74, 6) is -1.19. The van der Waals surface area contributed by atoms with E-state index in [-0.39, 0.29) is 47.1 Å². The molecule has 0 aliphatic carbocycles. The van der Waals surface area contributed by atoms with Crippen LogP contribution in [0.25, 0.3) is 5.57 Å². The van der Waals surface area contributed by atoms with Gasteiger partial charge in [-0.3, -0.25) is 14.6 Å². The van der Waals surface area contributed by atoms with Crippen molar-refractivity contribution < 1.29 is 45.8 Å². The van der Waals surface area contributed by atoms with E-state index in [4.69, 9.17) is 9.84 Å². The predicted octanol–water partition coefficient (Wildman–Crippen LogP) is 6.29. The van der Waals surface area contributed by atoms with Gasteiger partial charge in [0.15, 0.2) is 5.78 Å². The minimum Gasteiger partial charge on any atom is -0.494 e. The number of nitrogens with zero attached hydrogens (tertiary/aromatic N) is 1. The van der Waals surface area contributed by atoms with Crippen molar-refractivity contribution in [2.75, 3.05) is 19.8 Å². The molecule has 0 radical (unpaired) electrons. The molecular weight excluding hydrogens is 554 g/mol. The number of allylic oxidation sites excluding steroid dienone is 1. The lowest BCUT2D eigenvalue weighted by atomic mass is 9.74. The average Bonchev–Trinajstić information content (AvgIpc) is 2.89. The zero-order valence-corrected chi connectivity index (χ0v) is 23.2. The van der Waals surface area contributed by atoms with Crippen LogP contribution in [0.1, 0.15) is 69.7 Å². The Balaban J connectivity index is 2.54. The Bertz CT molecular complexity index is 1210. The molecule has 6 nitrogen and oxygen atoms in total.